The summed E-state index contributed by atoms with van der Waals surface area (Å²) in [4.78, 5) is 38.1. The Morgan fingerprint density at radius 3 is 0.956 bits per heavy atom. The second kappa shape index (κ2) is 56.4. The van der Waals surface area contributed by atoms with Crippen molar-refractivity contribution < 1.29 is 28.6 Å². The lowest BCUT2D eigenvalue weighted by atomic mass is 10.1. The van der Waals surface area contributed by atoms with Crippen LogP contribution in [0.3, 0.4) is 0 Å². The predicted octanol–water partition coefficient (Wildman–Crippen LogP) is 19.4. The minimum atomic E-state index is -0.784. The summed E-state index contributed by atoms with van der Waals surface area (Å²) in [5.41, 5.74) is 0. The molecule has 1 atom stereocenters. The van der Waals surface area contributed by atoms with E-state index in [0.717, 1.165) is 103 Å². The molecule has 0 aromatic heterocycles. The van der Waals surface area contributed by atoms with Crippen LogP contribution in [0.2, 0.25) is 0 Å². The molecule has 0 aromatic rings. The van der Waals surface area contributed by atoms with Crippen LogP contribution in [-0.2, 0) is 28.6 Å². The molecule has 0 heterocycles. The van der Waals surface area contributed by atoms with Gasteiger partial charge in [0.1, 0.15) is 13.2 Å². The van der Waals surface area contributed by atoms with E-state index >= 15 is 0 Å². The zero-order chi connectivity index (χ0) is 49.3. The summed E-state index contributed by atoms with van der Waals surface area (Å²) >= 11 is 0. The minimum absolute atomic E-state index is 0.0827. The lowest BCUT2D eigenvalue weighted by Crippen LogP contribution is -2.30. The number of ether oxygens (including phenoxy) is 3. The van der Waals surface area contributed by atoms with E-state index in [4.69, 9.17) is 14.2 Å². The van der Waals surface area contributed by atoms with Gasteiger partial charge in [0, 0.05) is 19.3 Å². The molecule has 0 bridgehead atoms. The van der Waals surface area contributed by atoms with Crippen LogP contribution >= 0.6 is 0 Å². The van der Waals surface area contributed by atoms with E-state index in [2.05, 4.69) is 93.7 Å². The van der Waals surface area contributed by atoms with Gasteiger partial charge in [0.2, 0.25) is 0 Å². The van der Waals surface area contributed by atoms with E-state index in [9.17, 15) is 14.4 Å². The molecule has 392 valence electrons. The Bertz CT molecular complexity index is 1270. The summed E-state index contributed by atoms with van der Waals surface area (Å²) in [6.07, 6.45) is 71.8. The molecule has 0 aliphatic rings. The monoisotopic (exact) mass is 949 g/mol. The van der Waals surface area contributed by atoms with E-state index in [1.807, 2.05) is 0 Å². The van der Waals surface area contributed by atoms with Crippen LogP contribution in [0.15, 0.2) is 72.9 Å². The summed E-state index contributed by atoms with van der Waals surface area (Å²) in [6, 6.07) is 0. The van der Waals surface area contributed by atoms with Crippen molar-refractivity contribution in [2.24, 2.45) is 0 Å². The van der Waals surface area contributed by atoms with Crippen molar-refractivity contribution in [3.63, 3.8) is 0 Å². The SMILES string of the molecule is CC/C=C\C/C=C\C/C=C\C/C=C\CCCCCCCCCCCCC(=O)OCC(COC(=O)CCCCCCC/C=C\CCCC)OC(=O)CCCCCCC/C=C\CCCCCCCCC. The highest BCUT2D eigenvalue weighted by Gasteiger charge is 2.19. The molecule has 0 spiro atoms. The zero-order valence-electron chi connectivity index (χ0n) is 44.9. The first-order valence-corrected chi connectivity index (χ1v) is 28.9. The molecule has 68 heavy (non-hydrogen) atoms. The van der Waals surface area contributed by atoms with E-state index in [1.54, 1.807) is 0 Å². The summed E-state index contributed by atoms with van der Waals surface area (Å²) in [6.45, 7) is 6.49. The largest absolute Gasteiger partial charge is 0.462 e. The van der Waals surface area contributed by atoms with Gasteiger partial charge in [-0.25, -0.2) is 0 Å². The fourth-order valence-corrected chi connectivity index (χ4v) is 8.06. The minimum Gasteiger partial charge on any atom is -0.462 e. The third kappa shape index (κ3) is 53.8. The van der Waals surface area contributed by atoms with Gasteiger partial charge in [-0.3, -0.25) is 14.4 Å². The van der Waals surface area contributed by atoms with Crippen LogP contribution in [0.4, 0.5) is 0 Å². The molecule has 0 saturated carbocycles. The van der Waals surface area contributed by atoms with Gasteiger partial charge in [0.15, 0.2) is 6.10 Å². The van der Waals surface area contributed by atoms with E-state index in [-0.39, 0.29) is 31.1 Å². The Hall–Kier alpha value is -3.15. The van der Waals surface area contributed by atoms with E-state index < -0.39 is 6.10 Å². The number of unbranched alkanes of at least 4 members (excludes halogenated alkanes) is 29. The highest BCUT2D eigenvalue weighted by Crippen LogP contribution is 2.15. The lowest BCUT2D eigenvalue weighted by molar-refractivity contribution is -0.167. The molecule has 0 amide bonds. The number of carbonyl (C=O) groups excluding carboxylic acids is 3. The molecule has 0 saturated heterocycles. The number of carbonyl (C=O) groups is 3. The Balaban J connectivity index is 4.31. The van der Waals surface area contributed by atoms with Crippen LogP contribution in [-0.4, -0.2) is 37.2 Å². The molecule has 0 rings (SSSR count). The summed E-state index contributed by atoms with van der Waals surface area (Å²) in [5, 5.41) is 0. The molecule has 1 unspecified atom stereocenters. The average molecular weight is 950 g/mol. The van der Waals surface area contributed by atoms with Gasteiger partial charge in [-0.1, -0.05) is 235 Å². The van der Waals surface area contributed by atoms with E-state index in [1.165, 1.54) is 141 Å². The summed E-state index contributed by atoms with van der Waals surface area (Å²) < 4.78 is 16.8. The van der Waals surface area contributed by atoms with Crippen molar-refractivity contribution in [1.82, 2.24) is 0 Å². The molecule has 0 fully saturated rings. The second-order valence-electron chi connectivity index (χ2n) is 19.2. The van der Waals surface area contributed by atoms with Crippen molar-refractivity contribution in [3.05, 3.63) is 72.9 Å². The zero-order valence-corrected chi connectivity index (χ0v) is 44.9. The molecule has 6 heteroatoms. The summed E-state index contributed by atoms with van der Waals surface area (Å²) in [5.74, 6) is -0.897. The highest BCUT2D eigenvalue weighted by atomic mass is 16.6. The Morgan fingerprint density at radius 2 is 0.588 bits per heavy atom. The topological polar surface area (TPSA) is 78.9 Å². The molecule has 0 aliphatic heterocycles. The van der Waals surface area contributed by atoms with Gasteiger partial charge in [0.25, 0.3) is 0 Å². The fourth-order valence-electron chi connectivity index (χ4n) is 8.06. The molecule has 0 aromatic carbocycles. The maximum Gasteiger partial charge on any atom is 0.306 e. The maximum absolute atomic E-state index is 12.8. The van der Waals surface area contributed by atoms with Crippen LogP contribution in [0.25, 0.3) is 0 Å². The lowest BCUT2D eigenvalue weighted by Gasteiger charge is -2.18. The first kappa shape index (κ1) is 64.8. The summed E-state index contributed by atoms with van der Waals surface area (Å²) in [7, 11) is 0. The van der Waals surface area contributed by atoms with Crippen molar-refractivity contribution in [1.29, 1.82) is 0 Å². The highest BCUT2D eigenvalue weighted by molar-refractivity contribution is 5.71. The van der Waals surface area contributed by atoms with Gasteiger partial charge in [-0.05, 0) is 103 Å². The van der Waals surface area contributed by atoms with Gasteiger partial charge in [0.05, 0.1) is 0 Å². The maximum atomic E-state index is 12.8. The second-order valence-corrected chi connectivity index (χ2v) is 19.2. The first-order valence-electron chi connectivity index (χ1n) is 28.9. The Labute approximate surface area is 421 Å². The average Bonchev–Trinajstić information content (AvgIpc) is 3.34. The number of allylic oxidation sites excluding steroid dienone is 12. The van der Waals surface area contributed by atoms with Gasteiger partial charge in [-0.15, -0.1) is 0 Å². The standard InChI is InChI=1S/C62H108O6/c1-4-7-10-13-16-19-22-24-26-28-29-30-31-32-33-34-36-37-40-43-46-49-52-55-61(64)67-58-59(57-66-60(63)54-51-48-45-42-39-21-18-15-12-9-6-3)68-62(65)56-53-50-47-44-41-38-35-27-25-23-20-17-14-11-8-5-2/h7,10,15-16,18-19,24,26-27,29-30,35,59H,4-6,8-9,11-14,17,20-23,25,28,31-34,36-58H2,1-3H3/b10-7-,18-15-,19-16-,26-24-,30-29-,35-27-. The van der Waals surface area contributed by atoms with Crippen molar-refractivity contribution >= 4 is 17.9 Å². The molecule has 6 nitrogen and oxygen atoms in total. The van der Waals surface area contributed by atoms with Gasteiger partial charge >= 0.3 is 17.9 Å². The van der Waals surface area contributed by atoms with Crippen LogP contribution in [0, 0.1) is 0 Å². The molecule has 0 N–H and O–H groups in total. The van der Waals surface area contributed by atoms with E-state index in [0.29, 0.717) is 19.3 Å². The van der Waals surface area contributed by atoms with Crippen LogP contribution in [0.1, 0.15) is 284 Å². The van der Waals surface area contributed by atoms with Gasteiger partial charge in [-0.2, -0.15) is 0 Å². The molecule has 0 radical (unpaired) electrons. The third-order valence-electron chi connectivity index (χ3n) is 12.4. The molecular weight excluding hydrogens is 841 g/mol. The van der Waals surface area contributed by atoms with Crippen LogP contribution < -0.4 is 0 Å². The predicted molar refractivity (Wildman–Crippen MR) is 293 cm³/mol. The van der Waals surface area contributed by atoms with Crippen molar-refractivity contribution in [3.8, 4) is 0 Å². The number of hydrogen-bond donors (Lipinski definition) is 0. The normalized spacial score (nSPS) is 12.6. The smallest absolute Gasteiger partial charge is 0.306 e. The number of rotatable bonds is 52. The number of hydrogen-bond acceptors (Lipinski definition) is 6. The van der Waals surface area contributed by atoms with Crippen molar-refractivity contribution in [2.75, 3.05) is 13.2 Å². The fraction of sp³-hybridized carbons (Fsp3) is 0.758. The Kier molecular flexibility index (Phi) is 53.8. The van der Waals surface area contributed by atoms with Crippen LogP contribution in [0.5, 0.6) is 0 Å². The first-order chi connectivity index (χ1) is 33.5. The third-order valence-corrected chi connectivity index (χ3v) is 12.4. The van der Waals surface area contributed by atoms with Gasteiger partial charge < -0.3 is 14.2 Å². The Morgan fingerprint density at radius 1 is 0.309 bits per heavy atom. The molecule has 0 aliphatic carbocycles. The quantitative estimate of drug-likeness (QED) is 0.0262. The van der Waals surface area contributed by atoms with Crippen molar-refractivity contribution in [2.45, 2.75) is 290 Å². The molecular formula is C62H108O6. The number of esters is 3.